The summed E-state index contributed by atoms with van der Waals surface area (Å²) in [7, 11) is 0. The van der Waals surface area contributed by atoms with E-state index in [0.29, 0.717) is 12.5 Å². The topological polar surface area (TPSA) is 66.6 Å². The Kier molecular flexibility index (Phi) is 6.20. The molecule has 0 bridgehead atoms. The van der Waals surface area contributed by atoms with Crippen LogP contribution in [0.3, 0.4) is 0 Å². The van der Waals surface area contributed by atoms with Crippen molar-refractivity contribution in [2.24, 2.45) is 17.1 Å². The first-order chi connectivity index (χ1) is 9.61. The van der Waals surface area contributed by atoms with Crippen molar-refractivity contribution in [3.8, 4) is 0 Å². The molecule has 0 radical (unpaired) electrons. The number of rotatable bonds is 5. The Labute approximate surface area is 128 Å². The standard InChI is InChI=1S/C16H31N3O2/c1-12(2)19(11-14(17)20)10-13-7-6-8-18(9-13)15(21)16(3,4)5/h12-13H,6-11H2,1-5H3,(H2,17,20). The average Bonchev–Trinajstić information content (AvgIpc) is 2.35. The lowest BCUT2D eigenvalue weighted by atomic mass is 9.91. The van der Waals surface area contributed by atoms with Crippen molar-refractivity contribution in [1.82, 2.24) is 9.80 Å². The lowest BCUT2D eigenvalue weighted by molar-refractivity contribution is -0.141. The first-order valence-corrected chi connectivity index (χ1v) is 7.93. The van der Waals surface area contributed by atoms with Crippen molar-refractivity contribution in [2.75, 3.05) is 26.2 Å². The van der Waals surface area contributed by atoms with Gasteiger partial charge in [0, 0.05) is 31.1 Å². The van der Waals surface area contributed by atoms with Gasteiger partial charge >= 0.3 is 0 Å². The minimum absolute atomic E-state index is 0.221. The molecule has 1 atom stereocenters. The molecule has 1 aliphatic heterocycles. The van der Waals surface area contributed by atoms with Gasteiger partial charge < -0.3 is 10.6 Å². The number of likely N-dealkylation sites (tertiary alicyclic amines) is 1. The summed E-state index contributed by atoms with van der Waals surface area (Å²) in [4.78, 5) is 27.7. The lowest BCUT2D eigenvalue weighted by Gasteiger charge is -2.39. The molecule has 0 saturated carbocycles. The van der Waals surface area contributed by atoms with E-state index in [1.54, 1.807) is 0 Å². The van der Waals surface area contributed by atoms with E-state index in [9.17, 15) is 9.59 Å². The van der Waals surface area contributed by atoms with Gasteiger partial charge in [0.25, 0.3) is 0 Å². The number of carbonyl (C=O) groups excluding carboxylic acids is 2. The van der Waals surface area contributed by atoms with Crippen LogP contribution in [0.4, 0.5) is 0 Å². The van der Waals surface area contributed by atoms with Gasteiger partial charge in [0.15, 0.2) is 0 Å². The molecule has 1 heterocycles. The molecule has 1 aliphatic rings. The minimum atomic E-state index is -0.327. The SMILES string of the molecule is CC(C)N(CC(N)=O)CC1CCCN(C(=O)C(C)(C)C)C1. The van der Waals surface area contributed by atoms with E-state index in [4.69, 9.17) is 5.73 Å². The fourth-order valence-electron chi connectivity index (χ4n) is 2.86. The highest BCUT2D eigenvalue weighted by molar-refractivity contribution is 5.81. The number of hydrogen-bond acceptors (Lipinski definition) is 3. The summed E-state index contributed by atoms with van der Waals surface area (Å²) in [6.45, 7) is 12.8. The zero-order chi connectivity index (χ0) is 16.2. The molecule has 5 nitrogen and oxygen atoms in total. The van der Waals surface area contributed by atoms with Crippen molar-refractivity contribution in [3.05, 3.63) is 0 Å². The molecule has 2 N–H and O–H groups in total. The van der Waals surface area contributed by atoms with Gasteiger partial charge in [-0.05, 0) is 32.6 Å². The van der Waals surface area contributed by atoms with Gasteiger partial charge in [0.2, 0.25) is 11.8 Å². The fourth-order valence-corrected chi connectivity index (χ4v) is 2.86. The summed E-state index contributed by atoms with van der Waals surface area (Å²) in [5.41, 5.74) is 5.00. The third-order valence-corrected chi connectivity index (χ3v) is 4.03. The average molecular weight is 297 g/mol. The summed E-state index contributed by atoms with van der Waals surface area (Å²) >= 11 is 0. The van der Waals surface area contributed by atoms with E-state index in [-0.39, 0.29) is 23.3 Å². The Morgan fingerprint density at radius 3 is 2.43 bits per heavy atom. The first-order valence-electron chi connectivity index (χ1n) is 7.93. The number of carbonyl (C=O) groups is 2. The molecule has 122 valence electrons. The maximum absolute atomic E-state index is 12.4. The van der Waals surface area contributed by atoms with Crippen molar-refractivity contribution < 1.29 is 9.59 Å². The molecular formula is C16H31N3O2. The zero-order valence-electron chi connectivity index (χ0n) is 14.2. The van der Waals surface area contributed by atoms with Crippen LogP contribution in [0.5, 0.6) is 0 Å². The van der Waals surface area contributed by atoms with E-state index in [1.165, 1.54) is 0 Å². The van der Waals surface area contributed by atoms with Crippen molar-refractivity contribution in [2.45, 2.75) is 53.5 Å². The Hall–Kier alpha value is -1.10. The first kappa shape index (κ1) is 18.0. The van der Waals surface area contributed by atoms with Crippen LogP contribution >= 0.6 is 0 Å². The van der Waals surface area contributed by atoms with E-state index >= 15 is 0 Å². The second-order valence-electron chi connectivity index (χ2n) is 7.50. The molecule has 1 rings (SSSR count). The van der Waals surface area contributed by atoms with Crippen molar-refractivity contribution in [1.29, 1.82) is 0 Å². The second kappa shape index (κ2) is 7.25. The van der Waals surface area contributed by atoms with Gasteiger partial charge in [-0.2, -0.15) is 0 Å². The summed E-state index contributed by atoms with van der Waals surface area (Å²) in [5, 5.41) is 0. The Balaban J connectivity index is 2.63. The fraction of sp³-hybridized carbons (Fsp3) is 0.875. The number of amides is 2. The third-order valence-electron chi connectivity index (χ3n) is 4.03. The number of nitrogens with zero attached hydrogens (tertiary/aromatic N) is 2. The lowest BCUT2D eigenvalue weighted by Crippen LogP contribution is -2.49. The largest absolute Gasteiger partial charge is 0.369 e. The summed E-state index contributed by atoms with van der Waals surface area (Å²) in [6, 6.07) is 0.284. The van der Waals surface area contributed by atoms with Crippen LogP contribution in [-0.4, -0.2) is 53.8 Å². The van der Waals surface area contributed by atoms with Crippen LogP contribution in [0.2, 0.25) is 0 Å². The molecule has 0 aromatic heterocycles. The maximum Gasteiger partial charge on any atom is 0.231 e. The van der Waals surface area contributed by atoms with Crippen LogP contribution in [0.15, 0.2) is 0 Å². The molecule has 1 unspecified atom stereocenters. The number of hydrogen-bond donors (Lipinski definition) is 1. The van der Waals surface area contributed by atoms with Gasteiger partial charge in [-0.3, -0.25) is 14.5 Å². The number of primary amides is 1. The van der Waals surface area contributed by atoms with Gasteiger partial charge in [-0.15, -0.1) is 0 Å². The predicted octanol–water partition coefficient (Wildman–Crippen LogP) is 1.47. The quantitative estimate of drug-likeness (QED) is 0.835. The molecule has 21 heavy (non-hydrogen) atoms. The second-order valence-corrected chi connectivity index (χ2v) is 7.50. The Morgan fingerprint density at radius 1 is 1.33 bits per heavy atom. The molecule has 0 aliphatic carbocycles. The third kappa shape index (κ3) is 5.65. The normalized spacial score (nSPS) is 20.1. The van der Waals surface area contributed by atoms with Crippen LogP contribution < -0.4 is 5.73 Å². The molecule has 0 aromatic carbocycles. The number of nitrogens with two attached hydrogens (primary N) is 1. The molecule has 0 spiro atoms. The minimum Gasteiger partial charge on any atom is -0.369 e. The predicted molar refractivity (Wildman–Crippen MR) is 84.7 cm³/mol. The molecule has 1 saturated heterocycles. The monoisotopic (exact) mass is 297 g/mol. The van der Waals surface area contributed by atoms with Crippen LogP contribution in [-0.2, 0) is 9.59 Å². The maximum atomic E-state index is 12.4. The van der Waals surface area contributed by atoms with Gasteiger partial charge in [-0.1, -0.05) is 20.8 Å². The zero-order valence-corrected chi connectivity index (χ0v) is 14.2. The Morgan fingerprint density at radius 2 is 1.95 bits per heavy atom. The van der Waals surface area contributed by atoms with E-state index in [2.05, 4.69) is 18.7 Å². The smallest absolute Gasteiger partial charge is 0.231 e. The Bertz CT molecular complexity index is 374. The highest BCUT2D eigenvalue weighted by Gasteiger charge is 2.31. The van der Waals surface area contributed by atoms with Crippen LogP contribution in [0.25, 0.3) is 0 Å². The van der Waals surface area contributed by atoms with E-state index in [0.717, 1.165) is 32.5 Å². The van der Waals surface area contributed by atoms with E-state index < -0.39 is 0 Å². The number of piperidine rings is 1. The van der Waals surface area contributed by atoms with Crippen LogP contribution in [0, 0.1) is 11.3 Å². The highest BCUT2D eigenvalue weighted by Crippen LogP contribution is 2.24. The molecular weight excluding hydrogens is 266 g/mol. The van der Waals surface area contributed by atoms with Crippen LogP contribution in [0.1, 0.15) is 47.5 Å². The van der Waals surface area contributed by atoms with Crippen molar-refractivity contribution >= 4 is 11.8 Å². The molecule has 5 heteroatoms. The van der Waals surface area contributed by atoms with E-state index in [1.807, 2.05) is 25.7 Å². The summed E-state index contributed by atoms with van der Waals surface area (Å²) < 4.78 is 0. The van der Waals surface area contributed by atoms with Crippen molar-refractivity contribution in [3.63, 3.8) is 0 Å². The highest BCUT2D eigenvalue weighted by atomic mass is 16.2. The molecule has 0 aromatic rings. The van der Waals surface area contributed by atoms with Gasteiger partial charge in [0.1, 0.15) is 0 Å². The molecule has 1 fully saturated rings. The van der Waals surface area contributed by atoms with Gasteiger partial charge in [0.05, 0.1) is 6.54 Å². The summed E-state index contributed by atoms with van der Waals surface area (Å²) in [5.74, 6) is 0.354. The van der Waals surface area contributed by atoms with Gasteiger partial charge in [-0.25, -0.2) is 0 Å². The molecule has 2 amide bonds. The summed E-state index contributed by atoms with van der Waals surface area (Å²) in [6.07, 6.45) is 2.14.